The van der Waals surface area contributed by atoms with Crippen LogP contribution >= 0.6 is 23.7 Å². The lowest BCUT2D eigenvalue weighted by Crippen LogP contribution is -2.49. The van der Waals surface area contributed by atoms with Crippen molar-refractivity contribution in [1.82, 2.24) is 15.5 Å². The number of piperidine rings is 1. The molecule has 8 heteroatoms. The van der Waals surface area contributed by atoms with Crippen LogP contribution in [0.1, 0.15) is 53.7 Å². The molecule has 2 amide bonds. The first-order chi connectivity index (χ1) is 12.2. The minimum Gasteiger partial charge on any atom is -0.369 e. The summed E-state index contributed by atoms with van der Waals surface area (Å²) in [6, 6.07) is 2.03. The summed E-state index contributed by atoms with van der Waals surface area (Å²) >= 11 is 1.56. The number of halogens is 1. The normalized spacial score (nSPS) is 18.6. The Morgan fingerprint density at radius 3 is 2.56 bits per heavy atom. The largest absolute Gasteiger partial charge is 0.369 e. The van der Waals surface area contributed by atoms with Gasteiger partial charge in [0.15, 0.2) is 0 Å². The zero-order valence-electron chi connectivity index (χ0n) is 16.5. The number of amides is 2. The molecule has 1 aromatic heterocycles. The van der Waals surface area contributed by atoms with E-state index in [1.165, 1.54) is 10.4 Å². The van der Waals surface area contributed by atoms with Crippen molar-refractivity contribution in [2.75, 3.05) is 33.3 Å². The molecule has 2 aliphatic rings. The van der Waals surface area contributed by atoms with Crippen LogP contribution in [0.15, 0.2) is 6.07 Å². The van der Waals surface area contributed by atoms with E-state index in [4.69, 9.17) is 4.74 Å². The number of hydrogen-bond donors (Lipinski definition) is 2. The Hall–Kier alpha value is -1.15. The summed E-state index contributed by atoms with van der Waals surface area (Å²) in [5.41, 5.74) is 0.638. The number of likely N-dealkylation sites (tertiary alicyclic amines) is 1. The maximum atomic E-state index is 12.6. The van der Waals surface area contributed by atoms with Crippen LogP contribution in [0.4, 0.5) is 0 Å². The number of likely N-dealkylation sites (N-methyl/N-ethyl adjacent to an activating group) is 1. The Morgan fingerprint density at radius 1 is 1.30 bits per heavy atom. The van der Waals surface area contributed by atoms with Crippen LogP contribution in [0.25, 0.3) is 0 Å². The molecule has 2 N–H and O–H groups in total. The lowest BCUT2D eigenvalue weighted by atomic mass is 9.85. The van der Waals surface area contributed by atoms with Gasteiger partial charge in [-0.05, 0) is 58.7 Å². The average Bonchev–Trinajstić information content (AvgIpc) is 3.00. The maximum absolute atomic E-state index is 12.6. The van der Waals surface area contributed by atoms with Crippen LogP contribution in [0.2, 0.25) is 0 Å². The van der Waals surface area contributed by atoms with Gasteiger partial charge in [-0.3, -0.25) is 9.59 Å². The summed E-state index contributed by atoms with van der Waals surface area (Å²) in [5, 5.41) is 5.96. The number of carbonyl (C=O) groups excluding carboxylic acids is 2. The number of carbonyl (C=O) groups is 2. The highest BCUT2D eigenvalue weighted by atomic mass is 35.5. The highest BCUT2D eigenvalue weighted by molar-refractivity contribution is 7.14. The molecule has 1 fully saturated rings. The minimum atomic E-state index is -0.338. The zero-order chi connectivity index (χ0) is 18.9. The maximum Gasteiger partial charge on any atom is 0.261 e. The van der Waals surface area contributed by atoms with E-state index < -0.39 is 0 Å². The first-order valence-electron chi connectivity index (χ1n) is 9.26. The molecule has 0 unspecified atom stereocenters. The summed E-state index contributed by atoms with van der Waals surface area (Å²) in [7, 11) is 1.79. The summed E-state index contributed by atoms with van der Waals surface area (Å²) < 4.78 is 6.24. The lowest BCUT2D eigenvalue weighted by molar-refractivity contribution is -0.139. The fourth-order valence-electron chi connectivity index (χ4n) is 3.69. The molecular weight excluding hydrogens is 386 g/mol. The van der Waals surface area contributed by atoms with Crippen molar-refractivity contribution < 1.29 is 14.3 Å². The van der Waals surface area contributed by atoms with Gasteiger partial charge in [-0.1, -0.05) is 0 Å². The molecule has 3 heterocycles. The van der Waals surface area contributed by atoms with Gasteiger partial charge in [0.1, 0.15) is 5.60 Å². The third-order valence-electron chi connectivity index (χ3n) is 4.94. The SMILES string of the molecule is CNCC(=O)N1CCC2(CC1)OCCc1cc(C(=O)NC(C)(C)C)sc12.Cl. The smallest absolute Gasteiger partial charge is 0.261 e. The van der Waals surface area contributed by atoms with E-state index >= 15 is 0 Å². The van der Waals surface area contributed by atoms with Crippen molar-refractivity contribution in [3.05, 3.63) is 21.4 Å². The van der Waals surface area contributed by atoms with Gasteiger partial charge in [0, 0.05) is 23.5 Å². The zero-order valence-corrected chi connectivity index (χ0v) is 18.1. The Morgan fingerprint density at radius 2 is 1.96 bits per heavy atom. The van der Waals surface area contributed by atoms with Gasteiger partial charge in [0.25, 0.3) is 5.91 Å². The molecule has 1 spiro atoms. The van der Waals surface area contributed by atoms with E-state index in [1.807, 2.05) is 31.7 Å². The number of nitrogens with one attached hydrogen (secondary N) is 2. The number of fused-ring (bicyclic) bond motifs is 2. The number of thiophene rings is 1. The molecule has 1 saturated heterocycles. The Balaban J connectivity index is 0.00000261. The van der Waals surface area contributed by atoms with Gasteiger partial charge >= 0.3 is 0 Å². The van der Waals surface area contributed by atoms with Crippen molar-refractivity contribution >= 4 is 35.6 Å². The van der Waals surface area contributed by atoms with Crippen molar-refractivity contribution in [1.29, 1.82) is 0 Å². The first kappa shape index (κ1) is 22.1. The third-order valence-corrected chi connectivity index (χ3v) is 6.30. The molecule has 152 valence electrons. The number of nitrogens with zero attached hydrogens (tertiary/aromatic N) is 1. The summed E-state index contributed by atoms with van der Waals surface area (Å²) in [4.78, 5) is 28.5. The van der Waals surface area contributed by atoms with Gasteiger partial charge in [0.05, 0.1) is 18.0 Å². The second kappa shape index (κ2) is 8.47. The molecule has 0 saturated carbocycles. The van der Waals surface area contributed by atoms with Gasteiger partial charge in [-0.2, -0.15) is 0 Å². The predicted molar refractivity (Wildman–Crippen MR) is 110 cm³/mol. The average molecular weight is 416 g/mol. The number of rotatable bonds is 3. The van der Waals surface area contributed by atoms with Gasteiger partial charge in [-0.15, -0.1) is 23.7 Å². The van der Waals surface area contributed by atoms with E-state index in [0.717, 1.165) is 24.1 Å². The molecule has 6 nitrogen and oxygen atoms in total. The predicted octanol–water partition coefficient (Wildman–Crippen LogP) is 2.31. The minimum absolute atomic E-state index is 0. The van der Waals surface area contributed by atoms with Crippen LogP contribution in [-0.2, 0) is 21.6 Å². The second-order valence-electron chi connectivity index (χ2n) is 8.17. The number of hydrogen-bond acceptors (Lipinski definition) is 5. The topological polar surface area (TPSA) is 70.7 Å². The summed E-state index contributed by atoms with van der Waals surface area (Å²) in [5.74, 6) is 0.114. The van der Waals surface area contributed by atoms with E-state index in [-0.39, 0.29) is 35.4 Å². The highest BCUT2D eigenvalue weighted by Gasteiger charge is 2.43. The third kappa shape index (κ3) is 4.83. The highest BCUT2D eigenvalue weighted by Crippen LogP contribution is 2.45. The van der Waals surface area contributed by atoms with Gasteiger partial charge < -0.3 is 20.3 Å². The lowest BCUT2D eigenvalue weighted by Gasteiger charge is -2.43. The molecule has 27 heavy (non-hydrogen) atoms. The molecule has 0 bridgehead atoms. The Labute approximate surface area is 171 Å². The fraction of sp³-hybridized carbons (Fsp3) is 0.684. The van der Waals surface area contributed by atoms with Crippen molar-refractivity contribution in [2.24, 2.45) is 0 Å². The molecular formula is C19H30ClN3O3S. The van der Waals surface area contributed by atoms with Gasteiger partial charge in [0.2, 0.25) is 5.91 Å². The summed E-state index contributed by atoms with van der Waals surface area (Å²) in [6.45, 7) is 8.40. The van der Waals surface area contributed by atoms with E-state index in [1.54, 1.807) is 18.4 Å². The standard InChI is InChI=1S/C19H29N3O3S.ClH/c1-18(2,3)21-17(24)14-11-13-5-10-25-19(16(13)26-14)6-8-22(9-7-19)15(23)12-20-4;/h11,20H,5-10,12H2,1-4H3,(H,21,24);1H. The van der Waals surface area contributed by atoms with E-state index in [2.05, 4.69) is 10.6 Å². The van der Waals surface area contributed by atoms with Crippen molar-refractivity contribution in [3.63, 3.8) is 0 Å². The van der Waals surface area contributed by atoms with Crippen LogP contribution in [0.3, 0.4) is 0 Å². The van der Waals surface area contributed by atoms with Gasteiger partial charge in [-0.25, -0.2) is 0 Å². The molecule has 0 radical (unpaired) electrons. The molecule has 2 aliphatic heterocycles. The quantitative estimate of drug-likeness (QED) is 0.794. The molecule has 1 aromatic rings. The van der Waals surface area contributed by atoms with E-state index in [9.17, 15) is 9.59 Å². The van der Waals surface area contributed by atoms with Crippen molar-refractivity contribution in [3.8, 4) is 0 Å². The Kier molecular flexibility index (Phi) is 6.95. The van der Waals surface area contributed by atoms with Crippen LogP contribution < -0.4 is 10.6 Å². The van der Waals surface area contributed by atoms with Crippen LogP contribution in [0.5, 0.6) is 0 Å². The second-order valence-corrected chi connectivity index (χ2v) is 9.23. The number of ether oxygens (including phenoxy) is 1. The fourth-order valence-corrected chi connectivity index (χ4v) is 4.99. The summed E-state index contributed by atoms with van der Waals surface area (Å²) in [6.07, 6.45) is 2.42. The molecule has 0 atom stereocenters. The van der Waals surface area contributed by atoms with Crippen molar-refractivity contribution in [2.45, 2.75) is 51.2 Å². The first-order valence-corrected chi connectivity index (χ1v) is 10.1. The Bertz CT molecular complexity index is 691. The molecule has 0 aromatic carbocycles. The van der Waals surface area contributed by atoms with Crippen LogP contribution in [0, 0.1) is 0 Å². The molecule has 3 rings (SSSR count). The van der Waals surface area contributed by atoms with Crippen LogP contribution in [-0.4, -0.2) is 55.5 Å². The van der Waals surface area contributed by atoms with E-state index in [0.29, 0.717) is 26.2 Å². The monoisotopic (exact) mass is 415 g/mol. The molecule has 0 aliphatic carbocycles.